The van der Waals surface area contributed by atoms with Crippen molar-refractivity contribution in [1.29, 1.82) is 0 Å². The molecule has 1 aliphatic rings. The van der Waals surface area contributed by atoms with Gasteiger partial charge in [-0.15, -0.1) is 0 Å². The molecule has 0 saturated heterocycles. The van der Waals surface area contributed by atoms with Crippen molar-refractivity contribution in [3.05, 3.63) is 53.6 Å². The van der Waals surface area contributed by atoms with Gasteiger partial charge >= 0.3 is 0 Å². The van der Waals surface area contributed by atoms with Gasteiger partial charge in [-0.05, 0) is 49.7 Å². The summed E-state index contributed by atoms with van der Waals surface area (Å²) in [5.74, 6) is 1.13. The summed E-state index contributed by atoms with van der Waals surface area (Å²) in [5, 5.41) is 6.74. The lowest BCUT2D eigenvalue weighted by atomic mass is 10.1. The Morgan fingerprint density at radius 3 is 2.88 bits per heavy atom. The van der Waals surface area contributed by atoms with Crippen molar-refractivity contribution in [2.24, 2.45) is 5.16 Å². The van der Waals surface area contributed by atoms with Gasteiger partial charge in [-0.1, -0.05) is 17.3 Å². The topological polar surface area (TPSA) is 69.2 Å². The summed E-state index contributed by atoms with van der Waals surface area (Å²) in [6, 6.07) is 13.1. The quantitative estimate of drug-likeness (QED) is 0.677. The Kier molecular flexibility index (Phi) is 4.65. The Balaban J connectivity index is 1.54. The van der Waals surface area contributed by atoms with Crippen LogP contribution in [-0.2, 0) is 9.63 Å². The van der Waals surface area contributed by atoms with E-state index in [-0.39, 0.29) is 19.3 Å². The number of aryl methyl sites for hydroxylation is 1. The van der Waals surface area contributed by atoms with Crippen LogP contribution in [0.3, 0.4) is 0 Å². The van der Waals surface area contributed by atoms with Crippen LogP contribution < -0.4 is 14.8 Å². The molecule has 0 fully saturated rings. The smallest absolute Gasteiger partial charge is 0.265 e. The number of fused-ring (bicyclic) bond motifs is 1. The summed E-state index contributed by atoms with van der Waals surface area (Å²) in [5.41, 5.74) is 3.31. The van der Waals surface area contributed by atoms with Gasteiger partial charge in [0.05, 0.1) is 5.71 Å². The van der Waals surface area contributed by atoms with Crippen molar-refractivity contribution in [3.63, 3.8) is 0 Å². The second kappa shape index (κ2) is 7.04. The van der Waals surface area contributed by atoms with Crippen molar-refractivity contribution in [3.8, 4) is 11.5 Å². The van der Waals surface area contributed by atoms with Gasteiger partial charge in [-0.2, -0.15) is 0 Å². The number of hydrogen-bond donors (Lipinski definition) is 1. The molecule has 6 heteroatoms. The van der Waals surface area contributed by atoms with E-state index in [9.17, 15) is 4.79 Å². The van der Waals surface area contributed by atoms with Gasteiger partial charge in [0.2, 0.25) is 6.79 Å². The van der Waals surface area contributed by atoms with Crippen LogP contribution in [-0.4, -0.2) is 25.0 Å². The molecule has 6 nitrogen and oxygen atoms in total. The van der Waals surface area contributed by atoms with Gasteiger partial charge < -0.3 is 19.6 Å². The number of ether oxygens (including phenoxy) is 2. The van der Waals surface area contributed by atoms with Crippen LogP contribution in [0.4, 0.5) is 5.69 Å². The molecule has 0 saturated carbocycles. The number of nitrogens with zero attached hydrogens (tertiary/aromatic N) is 1. The van der Waals surface area contributed by atoms with Crippen LogP contribution in [0.1, 0.15) is 18.1 Å². The molecular weight excluding hydrogens is 308 g/mol. The Hall–Kier alpha value is -3.02. The minimum absolute atomic E-state index is 0.157. The molecule has 0 unspecified atom stereocenters. The Labute approximate surface area is 140 Å². The molecule has 0 aliphatic carbocycles. The summed E-state index contributed by atoms with van der Waals surface area (Å²) in [4.78, 5) is 17.0. The fraction of sp³-hybridized carbons (Fsp3) is 0.222. The number of nitrogens with one attached hydrogen (secondary N) is 1. The first-order valence-electron chi connectivity index (χ1n) is 7.55. The number of oxime groups is 1. The van der Waals surface area contributed by atoms with Crippen LogP contribution in [0.2, 0.25) is 0 Å². The number of anilines is 1. The lowest BCUT2D eigenvalue weighted by Gasteiger charge is -2.06. The summed E-state index contributed by atoms with van der Waals surface area (Å²) in [6.07, 6.45) is 0. The average Bonchev–Trinajstić information content (AvgIpc) is 3.02. The van der Waals surface area contributed by atoms with E-state index in [1.807, 2.05) is 49.4 Å². The van der Waals surface area contributed by atoms with E-state index in [0.29, 0.717) is 17.2 Å². The summed E-state index contributed by atoms with van der Waals surface area (Å²) >= 11 is 0. The zero-order valence-corrected chi connectivity index (χ0v) is 13.5. The summed E-state index contributed by atoms with van der Waals surface area (Å²) < 4.78 is 10.6. The van der Waals surface area contributed by atoms with E-state index in [0.717, 1.165) is 16.8 Å². The van der Waals surface area contributed by atoms with Crippen molar-refractivity contribution < 1.29 is 19.1 Å². The van der Waals surface area contributed by atoms with E-state index in [1.165, 1.54) is 0 Å². The Bertz CT molecular complexity index is 786. The minimum Gasteiger partial charge on any atom is -0.454 e. The maximum Gasteiger partial charge on any atom is 0.265 e. The normalized spacial score (nSPS) is 12.8. The first-order chi connectivity index (χ1) is 11.6. The molecule has 0 aromatic heterocycles. The second-order valence-electron chi connectivity index (χ2n) is 5.44. The highest BCUT2D eigenvalue weighted by atomic mass is 16.7. The van der Waals surface area contributed by atoms with E-state index in [4.69, 9.17) is 14.3 Å². The predicted octanol–water partition coefficient (Wildman–Crippen LogP) is 3.10. The van der Waals surface area contributed by atoms with E-state index in [2.05, 4.69) is 10.5 Å². The molecular formula is C18H18N2O4. The molecule has 0 spiro atoms. The molecule has 1 N–H and O–H groups in total. The zero-order valence-electron chi connectivity index (χ0n) is 13.5. The number of carbonyl (C=O) groups excluding carboxylic acids is 1. The number of carbonyl (C=O) groups is 1. The van der Waals surface area contributed by atoms with Gasteiger partial charge in [-0.25, -0.2) is 0 Å². The van der Waals surface area contributed by atoms with Crippen LogP contribution >= 0.6 is 0 Å². The summed E-state index contributed by atoms with van der Waals surface area (Å²) in [7, 11) is 0. The molecule has 0 radical (unpaired) electrons. The fourth-order valence-corrected chi connectivity index (χ4v) is 2.28. The van der Waals surface area contributed by atoms with Crippen LogP contribution in [0.25, 0.3) is 0 Å². The molecule has 1 heterocycles. The first-order valence-corrected chi connectivity index (χ1v) is 7.55. The zero-order chi connectivity index (χ0) is 16.9. The monoisotopic (exact) mass is 326 g/mol. The molecule has 2 aromatic rings. The standard InChI is InChI=1S/C18H18N2O4/c1-12-4-3-5-15(8-12)19-18(21)10-24-20-13(2)14-6-7-16-17(9-14)23-11-22-16/h3-9H,10-11H2,1-2H3,(H,19,21)/b20-13+. The minimum atomic E-state index is -0.261. The second-order valence-corrected chi connectivity index (χ2v) is 5.44. The third-order valence-electron chi connectivity index (χ3n) is 3.49. The number of rotatable bonds is 5. The molecule has 124 valence electrons. The number of amides is 1. The Morgan fingerprint density at radius 1 is 1.21 bits per heavy atom. The third kappa shape index (κ3) is 3.84. The van der Waals surface area contributed by atoms with Gasteiger partial charge in [0.1, 0.15) is 0 Å². The van der Waals surface area contributed by atoms with Gasteiger partial charge in [0, 0.05) is 11.3 Å². The highest BCUT2D eigenvalue weighted by Gasteiger charge is 2.14. The molecule has 1 aliphatic heterocycles. The highest BCUT2D eigenvalue weighted by Crippen LogP contribution is 2.32. The largest absolute Gasteiger partial charge is 0.454 e. The molecule has 24 heavy (non-hydrogen) atoms. The van der Waals surface area contributed by atoms with E-state index >= 15 is 0 Å². The molecule has 3 rings (SSSR count). The van der Waals surface area contributed by atoms with Crippen LogP contribution in [0.5, 0.6) is 11.5 Å². The molecule has 0 atom stereocenters. The molecule has 1 amide bonds. The summed E-state index contributed by atoms with van der Waals surface area (Å²) in [6.45, 7) is 3.83. The Morgan fingerprint density at radius 2 is 2.04 bits per heavy atom. The van der Waals surface area contributed by atoms with Gasteiger partial charge in [0.15, 0.2) is 18.1 Å². The van der Waals surface area contributed by atoms with Crippen molar-refractivity contribution >= 4 is 17.3 Å². The third-order valence-corrected chi connectivity index (χ3v) is 3.49. The molecule has 2 aromatic carbocycles. The lowest BCUT2D eigenvalue weighted by molar-refractivity contribution is -0.120. The van der Waals surface area contributed by atoms with E-state index in [1.54, 1.807) is 6.92 Å². The van der Waals surface area contributed by atoms with Crippen LogP contribution in [0, 0.1) is 6.92 Å². The van der Waals surface area contributed by atoms with E-state index < -0.39 is 0 Å². The average molecular weight is 326 g/mol. The van der Waals surface area contributed by atoms with Crippen molar-refractivity contribution in [2.45, 2.75) is 13.8 Å². The maximum atomic E-state index is 11.9. The predicted molar refractivity (Wildman–Crippen MR) is 90.5 cm³/mol. The van der Waals surface area contributed by atoms with Crippen molar-refractivity contribution in [2.75, 3.05) is 18.7 Å². The highest BCUT2D eigenvalue weighted by molar-refractivity contribution is 5.99. The molecule has 0 bridgehead atoms. The maximum absolute atomic E-state index is 11.9. The number of hydrogen-bond acceptors (Lipinski definition) is 5. The van der Waals surface area contributed by atoms with Gasteiger partial charge in [0.25, 0.3) is 5.91 Å². The SMILES string of the molecule is C/C(=N\OCC(=O)Nc1cccc(C)c1)c1ccc2c(c1)OCO2. The van der Waals surface area contributed by atoms with Crippen molar-refractivity contribution in [1.82, 2.24) is 0 Å². The van der Waals surface area contributed by atoms with Crippen LogP contribution in [0.15, 0.2) is 47.6 Å². The first kappa shape index (κ1) is 15.9. The lowest BCUT2D eigenvalue weighted by Crippen LogP contribution is -2.17. The fourth-order valence-electron chi connectivity index (χ4n) is 2.28. The van der Waals surface area contributed by atoms with Gasteiger partial charge in [-0.3, -0.25) is 4.79 Å². The number of benzene rings is 2.